The molecule has 3 aromatic heterocycles. The summed E-state index contributed by atoms with van der Waals surface area (Å²) >= 11 is 0. The fourth-order valence-corrected chi connectivity index (χ4v) is 7.67. The SMILES string of the molecule is CO[C@H]1CC=Cc2nc(co2)-c2nc(co2)-c2nc(co2)[C@@H](OC)[C@@H](C)C(=O)C=CC[C@H](O)CC(=O)O[C@@H](C[C@H](OC)[C@@H](C)CCC(=O)[C@H](C)[C@H](OC(C)=O)[C@H](C)C=CN(C)C=O)[C@@H]1C. The summed E-state index contributed by atoms with van der Waals surface area (Å²) in [6, 6.07) is 0. The molecule has 1 N–H and O–H groups in total. The Labute approximate surface area is 379 Å². The summed E-state index contributed by atoms with van der Waals surface area (Å²) in [5, 5.41) is 10.9. The van der Waals surface area contributed by atoms with E-state index in [2.05, 4.69) is 15.0 Å². The smallest absolute Gasteiger partial charge is 0.308 e. The fraction of sp³-hybridized carbons (Fsp3) is 0.574. The number of rotatable bonds is 16. The van der Waals surface area contributed by atoms with Gasteiger partial charge in [-0.15, -0.1) is 0 Å². The molecule has 3 aromatic rings. The van der Waals surface area contributed by atoms with Gasteiger partial charge in [0.05, 0.1) is 36.6 Å². The molecule has 18 heteroatoms. The minimum atomic E-state index is -1.16. The van der Waals surface area contributed by atoms with E-state index in [0.29, 0.717) is 36.3 Å². The van der Waals surface area contributed by atoms with Gasteiger partial charge in [0.15, 0.2) is 17.2 Å². The van der Waals surface area contributed by atoms with Gasteiger partial charge >= 0.3 is 11.9 Å². The summed E-state index contributed by atoms with van der Waals surface area (Å²) in [5.74, 6) is -3.32. The van der Waals surface area contributed by atoms with Crippen molar-refractivity contribution in [2.45, 2.75) is 117 Å². The summed E-state index contributed by atoms with van der Waals surface area (Å²) in [4.78, 5) is 78.2. The van der Waals surface area contributed by atoms with E-state index in [1.165, 1.54) is 49.9 Å². The average Bonchev–Trinajstić information content (AvgIpc) is 4.08. The first-order valence-electron chi connectivity index (χ1n) is 21.7. The van der Waals surface area contributed by atoms with Crippen LogP contribution in [0.3, 0.4) is 0 Å². The number of carbonyl (C=O) groups excluding carboxylic acids is 5. The number of aliphatic hydroxyl groups is 1. The normalized spacial score (nSPS) is 23.7. The van der Waals surface area contributed by atoms with Crippen LogP contribution >= 0.6 is 0 Å². The molecule has 0 saturated heterocycles. The van der Waals surface area contributed by atoms with Gasteiger partial charge in [0.25, 0.3) is 0 Å². The molecule has 11 atom stereocenters. The predicted molar refractivity (Wildman–Crippen MR) is 235 cm³/mol. The van der Waals surface area contributed by atoms with Crippen LogP contribution in [0.1, 0.15) is 97.8 Å². The number of nitrogens with zero attached hydrogens (tertiary/aromatic N) is 4. The molecule has 0 spiro atoms. The summed E-state index contributed by atoms with van der Waals surface area (Å²) in [5.41, 5.74) is 0.978. The summed E-state index contributed by atoms with van der Waals surface area (Å²) in [7, 11) is 6.14. The van der Waals surface area contributed by atoms with Crippen molar-refractivity contribution in [1.82, 2.24) is 19.9 Å². The Morgan fingerprint density at radius 1 is 0.938 bits per heavy atom. The van der Waals surface area contributed by atoms with Crippen LogP contribution in [0, 0.1) is 29.6 Å². The number of hydrogen-bond donors (Lipinski definition) is 1. The second-order valence-electron chi connectivity index (χ2n) is 16.7. The molecule has 1 aliphatic rings. The van der Waals surface area contributed by atoms with Crippen LogP contribution in [0.5, 0.6) is 0 Å². The van der Waals surface area contributed by atoms with Gasteiger partial charge in [-0.25, -0.2) is 15.0 Å². The quantitative estimate of drug-likeness (QED) is 0.116. The fourth-order valence-electron chi connectivity index (χ4n) is 7.67. The molecule has 0 radical (unpaired) electrons. The predicted octanol–water partition coefficient (Wildman–Crippen LogP) is 6.75. The van der Waals surface area contributed by atoms with Gasteiger partial charge in [-0.1, -0.05) is 52.8 Å². The first-order chi connectivity index (χ1) is 31.0. The van der Waals surface area contributed by atoms with Crippen molar-refractivity contribution >= 4 is 36.0 Å². The Morgan fingerprint density at radius 2 is 1.62 bits per heavy atom. The largest absolute Gasteiger partial charge is 0.462 e. The minimum absolute atomic E-state index is 0.00470. The zero-order chi connectivity index (χ0) is 47.8. The Hall–Kier alpha value is -5.56. The average molecular weight is 909 g/mol. The van der Waals surface area contributed by atoms with Crippen molar-refractivity contribution in [1.29, 1.82) is 0 Å². The molecule has 0 aromatic carbocycles. The van der Waals surface area contributed by atoms with Gasteiger partial charge in [0.1, 0.15) is 48.6 Å². The second-order valence-corrected chi connectivity index (χ2v) is 16.7. The molecule has 65 heavy (non-hydrogen) atoms. The number of oxazole rings is 3. The molecular weight excluding hydrogens is 845 g/mol. The molecule has 4 rings (SSSR count). The number of amides is 1. The van der Waals surface area contributed by atoms with E-state index >= 15 is 0 Å². The molecule has 1 amide bonds. The molecule has 6 bridgehead atoms. The Balaban J connectivity index is 1.55. The lowest BCUT2D eigenvalue weighted by Gasteiger charge is -2.34. The number of esters is 2. The Kier molecular flexibility index (Phi) is 20.2. The number of aliphatic hydroxyl groups excluding tert-OH is 1. The zero-order valence-electron chi connectivity index (χ0n) is 38.9. The van der Waals surface area contributed by atoms with Gasteiger partial charge in [0, 0.05) is 66.2 Å². The number of carbonyl (C=O) groups is 5. The van der Waals surface area contributed by atoms with Crippen LogP contribution in [0.4, 0.5) is 0 Å². The number of allylic oxidation sites excluding steroid dienone is 1. The minimum Gasteiger partial charge on any atom is -0.462 e. The highest BCUT2D eigenvalue weighted by molar-refractivity contribution is 5.92. The Morgan fingerprint density at radius 3 is 2.29 bits per heavy atom. The van der Waals surface area contributed by atoms with Gasteiger partial charge in [0.2, 0.25) is 24.1 Å². The number of fused-ring (bicyclic) bond motifs is 8. The lowest BCUT2D eigenvalue weighted by atomic mass is 9.84. The number of hydrogen-bond acceptors (Lipinski definition) is 17. The van der Waals surface area contributed by atoms with E-state index in [-0.39, 0.29) is 66.8 Å². The second kappa shape index (κ2) is 25.2. The van der Waals surface area contributed by atoms with E-state index in [1.54, 1.807) is 53.5 Å². The molecule has 18 nitrogen and oxygen atoms in total. The van der Waals surface area contributed by atoms with Crippen LogP contribution in [0.25, 0.3) is 29.2 Å². The topological polar surface area (TPSA) is 233 Å². The lowest BCUT2D eigenvalue weighted by molar-refractivity contribution is -0.159. The van der Waals surface area contributed by atoms with Crippen LogP contribution < -0.4 is 0 Å². The zero-order valence-corrected chi connectivity index (χ0v) is 38.9. The van der Waals surface area contributed by atoms with E-state index in [0.717, 1.165) is 0 Å². The highest BCUT2D eigenvalue weighted by atomic mass is 16.6. The number of methoxy groups -OCH3 is 3. The van der Waals surface area contributed by atoms with Crippen molar-refractivity contribution in [3.05, 3.63) is 60.9 Å². The first kappa shape index (κ1) is 52.1. The molecule has 0 unspecified atom stereocenters. The van der Waals surface area contributed by atoms with Crippen molar-refractivity contribution < 1.29 is 66.0 Å². The van der Waals surface area contributed by atoms with Gasteiger partial charge in [-0.3, -0.25) is 24.0 Å². The number of aromatic nitrogens is 3. The van der Waals surface area contributed by atoms with Crippen LogP contribution in [0.2, 0.25) is 0 Å². The van der Waals surface area contributed by atoms with Crippen molar-refractivity contribution in [3.8, 4) is 23.2 Å². The maximum absolute atomic E-state index is 13.6. The number of Topliss-reactive ketones (excluding diaryl/α,β-unsaturated/α-hetero) is 1. The monoisotopic (exact) mass is 908 g/mol. The number of cyclic esters (lactones) is 1. The Bertz CT molecular complexity index is 2100. The molecule has 4 heterocycles. The van der Waals surface area contributed by atoms with Crippen LogP contribution in [0.15, 0.2) is 62.5 Å². The van der Waals surface area contributed by atoms with Crippen molar-refractivity contribution in [2.75, 3.05) is 28.4 Å². The molecule has 0 fully saturated rings. The van der Waals surface area contributed by atoms with Crippen LogP contribution in [-0.4, -0.2) is 114 Å². The molecule has 356 valence electrons. The summed E-state index contributed by atoms with van der Waals surface area (Å²) < 4.78 is 46.2. The van der Waals surface area contributed by atoms with Crippen molar-refractivity contribution in [2.24, 2.45) is 29.6 Å². The highest BCUT2D eigenvalue weighted by Gasteiger charge is 2.35. The van der Waals surface area contributed by atoms with E-state index in [4.69, 9.17) is 36.9 Å². The van der Waals surface area contributed by atoms with Gasteiger partial charge in [-0.05, 0) is 37.3 Å². The maximum Gasteiger partial charge on any atom is 0.308 e. The van der Waals surface area contributed by atoms with E-state index in [1.807, 2.05) is 26.8 Å². The third kappa shape index (κ3) is 15.0. The van der Waals surface area contributed by atoms with Crippen LogP contribution in [-0.2, 0) is 47.7 Å². The molecule has 0 saturated carbocycles. The molecule has 1 aliphatic heterocycles. The van der Waals surface area contributed by atoms with Gasteiger partial charge in [-0.2, -0.15) is 0 Å². The lowest BCUT2D eigenvalue weighted by Crippen LogP contribution is -2.39. The summed E-state index contributed by atoms with van der Waals surface area (Å²) in [6.07, 6.45) is 10.8. The van der Waals surface area contributed by atoms with Crippen molar-refractivity contribution in [3.63, 3.8) is 0 Å². The van der Waals surface area contributed by atoms with E-state index in [9.17, 15) is 29.1 Å². The maximum atomic E-state index is 13.6. The number of ketones is 2. The number of ether oxygens (including phenoxy) is 5. The first-order valence-corrected chi connectivity index (χ1v) is 21.7. The van der Waals surface area contributed by atoms with E-state index < -0.39 is 66.3 Å². The third-order valence-corrected chi connectivity index (χ3v) is 11.8. The van der Waals surface area contributed by atoms with Gasteiger partial charge < -0.3 is 46.9 Å². The molecular formula is C47H64N4O14. The third-order valence-electron chi connectivity index (χ3n) is 11.8. The molecule has 0 aliphatic carbocycles. The summed E-state index contributed by atoms with van der Waals surface area (Å²) in [6.45, 7) is 10.3. The highest BCUT2D eigenvalue weighted by Crippen LogP contribution is 2.32. The standard InChI is InChI=1S/C47H64N4O14/c1-27(17-18-38(56)29(3)44(64-32(6)53)28(2)19-20-51(7)26-52)40(59-9)22-41-31(5)39(58-8)15-12-16-42-48-35(24-61-42)46-50-36(25-63-46)47-49-34(23-62-47)45(60-10)30(4)37(55)14-11-13-33(54)21-43(57)65-41/h11-12,14,16,19-20,23-31,33,39-41,44-45,54H,13,15,17-18,21-22H2,1-10H3/t27-,28+,29-,30-,31+,33-,39-,40-,41-,44+,45-/m0/s1.